The van der Waals surface area contributed by atoms with Crippen molar-refractivity contribution in [3.05, 3.63) is 41.3 Å². The molecule has 5 rings (SSSR count). The molecule has 1 N–H and O–H groups in total. The van der Waals surface area contributed by atoms with Crippen LogP contribution in [0.2, 0.25) is 0 Å². The van der Waals surface area contributed by atoms with E-state index >= 15 is 0 Å². The largest absolute Gasteiger partial charge is 0.493 e. The maximum Gasteiger partial charge on any atom is 0.226 e. The van der Waals surface area contributed by atoms with Crippen LogP contribution in [0.5, 0.6) is 5.75 Å². The molecule has 4 aromatic heterocycles. The summed E-state index contributed by atoms with van der Waals surface area (Å²) in [4.78, 5) is 26.2. The van der Waals surface area contributed by atoms with Crippen molar-refractivity contribution in [1.29, 1.82) is 0 Å². The number of hydrogen-bond acceptors (Lipinski definition) is 8. The molecule has 34 heavy (non-hydrogen) atoms. The molecule has 0 saturated heterocycles. The summed E-state index contributed by atoms with van der Waals surface area (Å²) in [6.07, 6.45) is 7.53. The first-order valence-corrected chi connectivity index (χ1v) is 12.1. The summed E-state index contributed by atoms with van der Waals surface area (Å²) < 4.78 is 12.6. The second-order valence-electron chi connectivity index (χ2n) is 8.68. The van der Waals surface area contributed by atoms with Gasteiger partial charge in [0.15, 0.2) is 5.75 Å². The summed E-state index contributed by atoms with van der Waals surface area (Å²) in [6.45, 7) is 2.54. The third-order valence-electron chi connectivity index (χ3n) is 6.58. The monoisotopic (exact) mass is 480 g/mol. The molecule has 0 fully saturated rings. The Balaban J connectivity index is 1.45. The molecule has 1 amide bonds. The second-order valence-corrected chi connectivity index (χ2v) is 9.76. The van der Waals surface area contributed by atoms with Crippen molar-refractivity contribution in [3.63, 3.8) is 0 Å². The van der Waals surface area contributed by atoms with Crippen molar-refractivity contribution < 1.29 is 14.3 Å². The molecule has 178 valence electrons. The molecule has 0 aromatic carbocycles. The van der Waals surface area contributed by atoms with E-state index in [1.807, 2.05) is 37.2 Å². The first-order chi connectivity index (χ1) is 16.5. The normalized spacial score (nSPS) is 16.4. The maximum absolute atomic E-state index is 13.1. The average Bonchev–Trinajstić information content (AvgIpc) is 3.46. The highest BCUT2D eigenvalue weighted by atomic mass is 32.1. The van der Waals surface area contributed by atoms with Crippen molar-refractivity contribution in [2.75, 3.05) is 33.2 Å². The van der Waals surface area contributed by atoms with E-state index in [1.54, 1.807) is 42.6 Å². The van der Waals surface area contributed by atoms with Crippen molar-refractivity contribution in [1.82, 2.24) is 24.5 Å². The number of carbonyl (C=O) groups is 1. The third-order valence-corrected chi connectivity index (χ3v) is 7.74. The van der Waals surface area contributed by atoms with E-state index < -0.39 is 0 Å². The van der Waals surface area contributed by atoms with Gasteiger partial charge in [-0.3, -0.25) is 4.79 Å². The standard InChI is InChI=1S/C24H28N6O3S/c1-14(12-32-3)29(2)24(31)15-5-6-17-20(9-15)34-23-21(17)22(25-13-26-23)28-18-10-16-7-8-27-30(16)11-19(18)33-4/h7-8,10-11,13-15H,5-6,9,12H2,1-4H3,(H,25,26,28)/t14?,15-/m0/s1. The SMILES string of the molecule is COCC(C)N(C)C(=O)[C@H]1CCc2c(sc3ncnc(Nc4cc5ccnn5cc4OC)c23)C1. The fourth-order valence-electron chi connectivity index (χ4n) is 4.61. The van der Waals surface area contributed by atoms with Gasteiger partial charge in [-0.2, -0.15) is 5.10 Å². The van der Waals surface area contributed by atoms with E-state index in [1.165, 1.54) is 10.4 Å². The Hall–Kier alpha value is -3.24. The molecule has 10 heteroatoms. The number of aryl methyl sites for hydroxylation is 1. The van der Waals surface area contributed by atoms with Crippen LogP contribution in [0.1, 0.15) is 23.8 Å². The van der Waals surface area contributed by atoms with Gasteiger partial charge in [-0.25, -0.2) is 14.5 Å². The molecule has 0 aliphatic heterocycles. The number of fused-ring (bicyclic) bond motifs is 4. The Morgan fingerprint density at radius 3 is 3.03 bits per heavy atom. The van der Waals surface area contributed by atoms with Gasteiger partial charge in [0.1, 0.15) is 17.0 Å². The molecule has 0 radical (unpaired) electrons. The Labute approximate surface area is 201 Å². The average molecular weight is 481 g/mol. The number of likely N-dealkylation sites (N-methyl/N-ethyl adjacent to an activating group) is 1. The number of rotatable bonds is 7. The molecule has 4 heterocycles. The highest BCUT2D eigenvalue weighted by Gasteiger charge is 2.32. The molecular formula is C24H28N6O3S. The molecular weight excluding hydrogens is 452 g/mol. The predicted molar refractivity (Wildman–Crippen MR) is 132 cm³/mol. The number of anilines is 2. The van der Waals surface area contributed by atoms with Gasteiger partial charge in [-0.15, -0.1) is 11.3 Å². The minimum absolute atomic E-state index is 0.0291. The predicted octanol–water partition coefficient (Wildman–Crippen LogP) is 3.69. The number of pyridine rings is 1. The van der Waals surface area contributed by atoms with Gasteiger partial charge < -0.3 is 19.7 Å². The summed E-state index contributed by atoms with van der Waals surface area (Å²) in [5, 5.41) is 8.77. The van der Waals surface area contributed by atoms with Crippen molar-refractivity contribution in [2.45, 2.75) is 32.2 Å². The topological polar surface area (TPSA) is 93.9 Å². The van der Waals surface area contributed by atoms with Gasteiger partial charge in [0, 0.05) is 31.1 Å². The minimum Gasteiger partial charge on any atom is -0.493 e. The molecule has 0 bridgehead atoms. The number of ether oxygens (including phenoxy) is 2. The first-order valence-electron chi connectivity index (χ1n) is 11.3. The summed E-state index contributed by atoms with van der Waals surface area (Å²) in [6, 6.07) is 3.98. The molecule has 0 spiro atoms. The molecule has 9 nitrogen and oxygen atoms in total. The summed E-state index contributed by atoms with van der Waals surface area (Å²) in [5.41, 5.74) is 3.01. The van der Waals surface area contributed by atoms with E-state index in [4.69, 9.17) is 9.47 Å². The van der Waals surface area contributed by atoms with Crippen molar-refractivity contribution in [2.24, 2.45) is 5.92 Å². The van der Waals surface area contributed by atoms with Gasteiger partial charge in [0.05, 0.1) is 42.5 Å². The Morgan fingerprint density at radius 1 is 1.38 bits per heavy atom. The molecule has 0 saturated carbocycles. The van der Waals surface area contributed by atoms with Gasteiger partial charge in [-0.05, 0) is 43.9 Å². The lowest BCUT2D eigenvalue weighted by Crippen LogP contribution is -2.42. The number of hydrogen-bond donors (Lipinski definition) is 1. The van der Waals surface area contributed by atoms with Crippen LogP contribution in [0.3, 0.4) is 0 Å². The number of aromatic nitrogens is 4. The Bertz CT molecular complexity index is 1350. The smallest absolute Gasteiger partial charge is 0.226 e. The van der Waals surface area contributed by atoms with Crippen LogP contribution >= 0.6 is 11.3 Å². The van der Waals surface area contributed by atoms with E-state index in [0.29, 0.717) is 12.4 Å². The van der Waals surface area contributed by atoms with Gasteiger partial charge in [0.25, 0.3) is 0 Å². The van der Waals surface area contributed by atoms with Gasteiger partial charge in [-0.1, -0.05) is 0 Å². The van der Waals surface area contributed by atoms with Crippen LogP contribution in [-0.4, -0.2) is 64.3 Å². The van der Waals surface area contributed by atoms with Crippen LogP contribution in [0, 0.1) is 5.92 Å². The zero-order valence-electron chi connectivity index (χ0n) is 19.7. The number of methoxy groups -OCH3 is 2. The molecule has 1 aliphatic carbocycles. The third kappa shape index (κ3) is 3.97. The lowest BCUT2D eigenvalue weighted by molar-refractivity contribution is -0.137. The fraction of sp³-hybridized carbons (Fsp3) is 0.417. The quantitative estimate of drug-likeness (QED) is 0.431. The molecule has 4 aromatic rings. The lowest BCUT2D eigenvalue weighted by atomic mass is 9.86. The zero-order valence-corrected chi connectivity index (χ0v) is 20.6. The minimum atomic E-state index is -0.0291. The molecule has 2 atom stereocenters. The maximum atomic E-state index is 13.1. The molecule has 1 aliphatic rings. The zero-order chi connectivity index (χ0) is 23.8. The Morgan fingerprint density at radius 2 is 2.24 bits per heavy atom. The van der Waals surface area contributed by atoms with Gasteiger partial charge >= 0.3 is 0 Å². The number of thiophene rings is 1. The van der Waals surface area contributed by atoms with Crippen LogP contribution in [0.15, 0.2) is 30.9 Å². The summed E-state index contributed by atoms with van der Waals surface area (Å²) >= 11 is 1.66. The van der Waals surface area contributed by atoms with Crippen LogP contribution in [0.25, 0.3) is 15.7 Å². The van der Waals surface area contributed by atoms with E-state index in [-0.39, 0.29) is 17.9 Å². The highest BCUT2D eigenvalue weighted by Crippen LogP contribution is 2.41. The van der Waals surface area contributed by atoms with Crippen molar-refractivity contribution >= 4 is 44.5 Å². The van der Waals surface area contributed by atoms with Gasteiger partial charge in [0.2, 0.25) is 5.91 Å². The van der Waals surface area contributed by atoms with E-state index in [0.717, 1.165) is 46.5 Å². The number of nitrogens with zero attached hydrogens (tertiary/aromatic N) is 5. The van der Waals surface area contributed by atoms with E-state index in [2.05, 4.69) is 20.4 Å². The fourth-order valence-corrected chi connectivity index (χ4v) is 5.88. The first kappa shape index (κ1) is 22.5. The van der Waals surface area contributed by atoms with Crippen LogP contribution < -0.4 is 10.1 Å². The lowest BCUT2D eigenvalue weighted by Gasteiger charge is -2.30. The Kier molecular flexibility index (Phi) is 6.09. The van der Waals surface area contributed by atoms with E-state index in [9.17, 15) is 4.79 Å². The summed E-state index contributed by atoms with van der Waals surface area (Å²) in [5.74, 6) is 1.57. The number of nitrogens with one attached hydrogen (secondary N) is 1. The number of carbonyl (C=O) groups excluding carboxylic acids is 1. The number of amides is 1. The molecule has 1 unspecified atom stereocenters. The second kappa shape index (κ2) is 9.19. The van der Waals surface area contributed by atoms with Crippen molar-refractivity contribution in [3.8, 4) is 5.75 Å². The van der Waals surface area contributed by atoms with Crippen LogP contribution in [0.4, 0.5) is 11.5 Å². The summed E-state index contributed by atoms with van der Waals surface area (Å²) in [7, 11) is 5.17. The van der Waals surface area contributed by atoms with Crippen LogP contribution in [-0.2, 0) is 22.4 Å². The highest BCUT2D eigenvalue weighted by molar-refractivity contribution is 7.19.